The first-order valence-electron chi connectivity index (χ1n) is 7.60. The highest BCUT2D eigenvalue weighted by atomic mass is 19.4. The Labute approximate surface area is 157 Å². The number of aliphatic hydroxyl groups is 1. The van der Waals surface area contributed by atoms with Crippen molar-refractivity contribution in [3.8, 4) is 5.75 Å². The fraction of sp³-hybridized carbons (Fsp3) is 0.353. The van der Waals surface area contributed by atoms with E-state index in [0.29, 0.717) is 6.20 Å². The van der Waals surface area contributed by atoms with E-state index in [1.54, 1.807) is 0 Å². The first-order valence-corrected chi connectivity index (χ1v) is 7.60. The number of rotatable bonds is 6. The molecule has 1 aromatic carbocycles. The van der Waals surface area contributed by atoms with Crippen LogP contribution in [-0.2, 0) is 11.0 Å². The van der Waals surface area contributed by atoms with Gasteiger partial charge in [-0.1, -0.05) is 6.58 Å². The average molecular weight is 414 g/mol. The van der Waals surface area contributed by atoms with Crippen LogP contribution in [0.2, 0.25) is 0 Å². The van der Waals surface area contributed by atoms with Crippen molar-refractivity contribution in [2.45, 2.75) is 31.5 Å². The fourth-order valence-corrected chi connectivity index (χ4v) is 1.73. The summed E-state index contributed by atoms with van der Waals surface area (Å²) >= 11 is 0. The molecule has 1 unspecified atom stereocenters. The van der Waals surface area contributed by atoms with Gasteiger partial charge in [0.1, 0.15) is 12.0 Å². The van der Waals surface area contributed by atoms with Gasteiger partial charge in [-0.2, -0.15) is 26.3 Å². The van der Waals surface area contributed by atoms with E-state index in [9.17, 15) is 36.2 Å². The van der Waals surface area contributed by atoms with E-state index in [4.69, 9.17) is 10.5 Å². The minimum absolute atomic E-state index is 0.00613. The minimum atomic E-state index is -4.60. The maximum atomic E-state index is 12.3. The number of aldehydes is 1. The van der Waals surface area contributed by atoms with Crippen molar-refractivity contribution in [2.24, 2.45) is 11.5 Å². The van der Waals surface area contributed by atoms with Gasteiger partial charge in [-0.25, -0.2) is 0 Å². The molecule has 1 aromatic rings. The number of ether oxygens (including phenoxy) is 1. The second-order valence-corrected chi connectivity index (χ2v) is 5.56. The van der Waals surface area contributed by atoms with Crippen LogP contribution in [0.1, 0.15) is 18.9 Å². The smallest absolute Gasteiger partial charge is 0.418 e. The van der Waals surface area contributed by atoms with Crippen LogP contribution in [-0.4, -0.2) is 29.9 Å². The van der Waals surface area contributed by atoms with Crippen molar-refractivity contribution in [1.82, 2.24) is 0 Å². The molecule has 0 saturated heterocycles. The van der Waals surface area contributed by atoms with Gasteiger partial charge in [-0.15, -0.1) is 0 Å². The molecule has 0 bridgehead atoms. The maximum absolute atomic E-state index is 12.3. The van der Waals surface area contributed by atoms with Crippen LogP contribution in [0.5, 0.6) is 5.75 Å². The highest BCUT2D eigenvalue weighted by Crippen LogP contribution is 2.31. The highest BCUT2D eigenvalue weighted by Gasteiger charge is 2.34. The van der Waals surface area contributed by atoms with E-state index < -0.39 is 34.8 Å². The molecule has 1 rings (SSSR count). The van der Waals surface area contributed by atoms with Gasteiger partial charge in [0.05, 0.1) is 11.1 Å². The second-order valence-electron chi connectivity index (χ2n) is 5.56. The number of hydrogen-bond donors (Lipinski definition) is 3. The molecule has 5 N–H and O–H groups in total. The topological polar surface area (TPSA) is 98.6 Å². The Bertz CT molecular complexity index is 680. The summed E-state index contributed by atoms with van der Waals surface area (Å²) in [6.07, 6.45) is -8.47. The van der Waals surface area contributed by atoms with E-state index in [2.05, 4.69) is 12.3 Å². The lowest BCUT2D eigenvalue weighted by atomic mass is 10.1. The van der Waals surface area contributed by atoms with E-state index in [1.807, 2.05) is 0 Å². The Morgan fingerprint density at radius 3 is 1.96 bits per heavy atom. The molecule has 0 aromatic heterocycles. The zero-order valence-corrected chi connectivity index (χ0v) is 14.8. The standard InChI is InChI=1S/C11H14F3NO2.C6H6F3NO/c1-10(16,6-7-15)17-9-4-2-8(3-5-9)11(12,13)14;1-4(3-11)5(2-10)6(7,8)9/h2-5,16H,6-7,15H2,1H3;2-3H,1,10H2/b;5-2+. The van der Waals surface area contributed by atoms with Gasteiger partial charge in [0.25, 0.3) is 0 Å². The summed E-state index contributed by atoms with van der Waals surface area (Å²) in [5.74, 6) is -1.31. The molecule has 0 fully saturated rings. The van der Waals surface area contributed by atoms with Crippen molar-refractivity contribution >= 4 is 6.29 Å². The summed E-state index contributed by atoms with van der Waals surface area (Å²) in [6, 6.07) is 4.11. The Kier molecular flexibility index (Phi) is 9.22. The van der Waals surface area contributed by atoms with Gasteiger partial charge in [0.2, 0.25) is 5.79 Å². The van der Waals surface area contributed by atoms with Gasteiger partial charge in [-0.3, -0.25) is 4.79 Å². The maximum Gasteiger partial charge on any atom is 0.418 e. The first-order chi connectivity index (χ1) is 12.7. The number of nitrogens with two attached hydrogens (primary N) is 2. The predicted molar refractivity (Wildman–Crippen MR) is 89.9 cm³/mol. The number of halogens is 6. The third kappa shape index (κ3) is 8.91. The van der Waals surface area contributed by atoms with Crippen molar-refractivity contribution in [3.63, 3.8) is 0 Å². The second kappa shape index (κ2) is 10.1. The SMILES string of the molecule is C=C(C=O)/C(=C\N)C(F)(F)F.CC(O)(CCN)Oc1ccc(C(F)(F)F)cc1. The molecule has 0 saturated carbocycles. The molecule has 28 heavy (non-hydrogen) atoms. The molecular weight excluding hydrogens is 394 g/mol. The van der Waals surface area contributed by atoms with Crippen molar-refractivity contribution in [2.75, 3.05) is 6.54 Å². The molecule has 0 radical (unpaired) electrons. The van der Waals surface area contributed by atoms with Crippen molar-refractivity contribution in [1.29, 1.82) is 0 Å². The number of carbonyl (C=O) groups is 1. The summed E-state index contributed by atoms with van der Waals surface area (Å²) < 4.78 is 77.3. The van der Waals surface area contributed by atoms with Gasteiger partial charge in [0, 0.05) is 25.1 Å². The van der Waals surface area contributed by atoms with Crippen LogP contribution in [0.3, 0.4) is 0 Å². The quantitative estimate of drug-likeness (QED) is 0.218. The Balaban J connectivity index is 0.000000576. The zero-order chi connectivity index (χ0) is 22.2. The normalized spacial score (nSPS) is 14.4. The van der Waals surface area contributed by atoms with Crippen LogP contribution in [0, 0.1) is 0 Å². The molecule has 0 amide bonds. The summed E-state index contributed by atoms with van der Waals surface area (Å²) in [7, 11) is 0. The number of benzene rings is 1. The Morgan fingerprint density at radius 1 is 1.18 bits per heavy atom. The molecule has 0 aliphatic rings. The van der Waals surface area contributed by atoms with Crippen LogP contribution in [0.15, 0.2) is 48.2 Å². The minimum Gasteiger partial charge on any atom is -0.463 e. The van der Waals surface area contributed by atoms with Gasteiger partial charge >= 0.3 is 12.4 Å². The van der Waals surface area contributed by atoms with Crippen LogP contribution in [0.25, 0.3) is 0 Å². The van der Waals surface area contributed by atoms with Gasteiger partial charge in [-0.05, 0) is 30.8 Å². The highest BCUT2D eigenvalue weighted by molar-refractivity contribution is 5.79. The predicted octanol–water partition coefficient (Wildman–Crippen LogP) is 3.29. The lowest BCUT2D eigenvalue weighted by Crippen LogP contribution is -2.34. The Hall–Kier alpha value is -2.53. The molecule has 1 atom stereocenters. The summed E-state index contributed by atoms with van der Waals surface area (Å²) in [5.41, 5.74) is 7.27. The molecule has 11 heteroatoms. The van der Waals surface area contributed by atoms with Gasteiger partial charge in [0.15, 0.2) is 0 Å². The molecule has 0 spiro atoms. The molecule has 0 aliphatic carbocycles. The zero-order valence-electron chi connectivity index (χ0n) is 14.8. The summed E-state index contributed by atoms with van der Waals surface area (Å²) in [5, 5.41) is 9.67. The van der Waals surface area contributed by atoms with E-state index in [1.165, 1.54) is 6.92 Å². The molecular formula is C17H20F6N2O3. The molecule has 5 nitrogen and oxygen atoms in total. The van der Waals surface area contributed by atoms with E-state index >= 15 is 0 Å². The summed E-state index contributed by atoms with van der Waals surface area (Å²) in [4.78, 5) is 9.86. The number of allylic oxidation sites excluding steroid dienone is 2. The van der Waals surface area contributed by atoms with Crippen LogP contribution >= 0.6 is 0 Å². The van der Waals surface area contributed by atoms with Crippen molar-refractivity contribution < 1.29 is 41.0 Å². The Morgan fingerprint density at radius 2 is 1.68 bits per heavy atom. The molecule has 0 heterocycles. The number of carbonyl (C=O) groups excluding carboxylic acids is 1. The van der Waals surface area contributed by atoms with E-state index in [0.717, 1.165) is 24.3 Å². The molecule has 0 aliphatic heterocycles. The lowest BCUT2D eigenvalue weighted by molar-refractivity contribution is -0.137. The van der Waals surface area contributed by atoms with E-state index in [-0.39, 0.29) is 25.0 Å². The fourth-order valence-electron chi connectivity index (χ4n) is 1.73. The molecule has 158 valence electrons. The van der Waals surface area contributed by atoms with Gasteiger partial charge < -0.3 is 21.3 Å². The average Bonchev–Trinajstić information content (AvgIpc) is 2.53. The van der Waals surface area contributed by atoms with Crippen LogP contribution < -0.4 is 16.2 Å². The van der Waals surface area contributed by atoms with Crippen molar-refractivity contribution in [3.05, 3.63) is 53.8 Å². The van der Waals surface area contributed by atoms with Crippen LogP contribution in [0.4, 0.5) is 26.3 Å². The number of alkyl halides is 6. The largest absolute Gasteiger partial charge is 0.463 e. The number of hydrogen-bond acceptors (Lipinski definition) is 5. The third-order valence-electron chi connectivity index (χ3n) is 3.09. The summed E-state index contributed by atoms with van der Waals surface area (Å²) in [6.45, 7) is 4.49. The third-order valence-corrected chi connectivity index (χ3v) is 3.09. The first kappa shape index (κ1) is 25.5. The lowest BCUT2D eigenvalue weighted by Gasteiger charge is -2.24. The monoisotopic (exact) mass is 414 g/mol.